The number of rotatable bonds is 4. The van der Waals surface area contributed by atoms with E-state index in [1.807, 2.05) is 24.5 Å². The van der Waals surface area contributed by atoms with Gasteiger partial charge in [-0.2, -0.15) is 0 Å². The lowest BCUT2D eigenvalue weighted by Crippen LogP contribution is -2.27. The van der Waals surface area contributed by atoms with Gasteiger partial charge in [0.15, 0.2) is 0 Å². The summed E-state index contributed by atoms with van der Waals surface area (Å²) in [6.45, 7) is 3.79. The Hall–Kier alpha value is -1.18. The maximum Gasteiger partial charge on any atom is 0.128 e. The van der Waals surface area contributed by atoms with Crippen LogP contribution in [-0.4, -0.2) is 9.97 Å². The lowest BCUT2D eigenvalue weighted by atomic mass is 9.70. The first-order chi connectivity index (χ1) is 6.90. The largest absolute Gasteiger partial charge is 0.241 e. The van der Waals surface area contributed by atoms with E-state index in [1.54, 1.807) is 0 Å². The van der Waals surface area contributed by atoms with Crippen LogP contribution in [0.25, 0.3) is 0 Å². The number of nitrogens with zero attached hydrogens (tertiary/aromatic N) is 2. The van der Waals surface area contributed by atoms with Crippen LogP contribution in [0.3, 0.4) is 0 Å². The van der Waals surface area contributed by atoms with E-state index >= 15 is 0 Å². The zero-order valence-corrected chi connectivity index (χ0v) is 8.39. The molecule has 1 aliphatic carbocycles. The first kappa shape index (κ1) is 9.38. The van der Waals surface area contributed by atoms with Gasteiger partial charge in [-0.25, -0.2) is 9.97 Å². The van der Waals surface area contributed by atoms with Gasteiger partial charge in [0.25, 0.3) is 0 Å². The molecular weight excluding hydrogens is 172 g/mol. The van der Waals surface area contributed by atoms with Gasteiger partial charge in [0.2, 0.25) is 0 Å². The monoisotopic (exact) mass is 188 g/mol. The van der Waals surface area contributed by atoms with Crippen molar-refractivity contribution >= 4 is 0 Å². The molecule has 1 aromatic rings. The number of hydrogen-bond donors (Lipinski definition) is 0. The predicted octanol–water partition coefficient (Wildman–Crippen LogP) is 2.62. The molecular formula is C12H16N2. The predicted molar refractivity (Wildman–Crippen MR) is 56.8 cm³/mol. The van der Waals surface area contributed by atoms with Crippen LogP contribution in [0.2, 0.25) is 0 Å². The normalized spacial score (nSPS) is 25.4. The van der Waals surface area contributed by atoms with Crippen LogP contribution in [0.5, 0.6) is 0 Å². The highest BCUT2D eigenvalue weighted by molar-refractivity contribution is 4.95. The van der Waals surface area contributed by atoms with Crippen LogP contribution >= 0.6 is 0 Å². The molecule has 1 saturated carbocycles. The molecule has 0 unspecified atom stereocenters. The second-order valence-corrected chi connectivity index (χ2v) is 3.99. The summed E-state index contributed by atoms with van der Waals surface area (Å²) in [4.78, 5) is 8.52. The molecule has 0 spiro atoms. The Kier molecular flexibility index (Phi) is 2.92. The van der Waals surface area contributed by atoms with E-state index in [9.17, 15) is 0 Å². The van der Waals surface area contributed by atoms with Gasteiger partial charge in [-0.15, -0.1) is 6.58 Å². The lowest BCUT2D eigenvalue weighted by molar-refractivity contribution is 0.175. The Morgan fingerprint density at radius 3 is 2.57 bits per heavy atom. The first-order valence-corrected chi connectivity index (χ1v) is 5.27. The molecule has 0 radical (unpaired) electrons. The summed E-state index contributed by atoms with van der Waals surface area (Å²) in [5, 5.41) is 0. The van der Waals surface area contributed by atoms with Crippen LogP contribution in [0, 0.1) is 11.8 Å². The van der Waals surface area contributed by atoms with E-state index < -0.39 is 0 Å². The minimum Gasteiger partial charge on any atom is -0.241 e. The summed E-state index contributed by atoms with van der Waals surface area (Å²) in [5.74, 6) is 2.61. The second-order valence-electron chi connectivity index (χ2n) is 3.99. The van der Waals surface area contributed by atoms with Gasteiger partial charge in [0.05, 0.1) is 0 Å². The van der Waals surface area contributed by atoms with Crippen molar-refractivity contribution in [1.29, 1.82) is 0 Å². The molecule has 0 aromatic carbocycles. The van der Waals surface area contributed by atoms with E-state index in [1.165, 1.54) is 12.8 Å². The number of aromatic nitrogens is 2. The van der Waals surface area contributed by atoms with Gasteiger partial charge in [0.1, 0.15) is 5.82 Å². The molecule has 1 fully saturated rings. The summed E-state index contributed by atoms with van der Waals surface area (Å²) >= 11 is 0. The second kappa shape index (κ2) is 4.36. The maximum absolute atomic E-state index is 4.26. The molecule has 2 rings (SSSR count). The molecule has 1 aliphatic rings. The fourth-order valence-electron chi connectivity index (χ4n) is 2.10. The van der Waals surface area contributed by atoms with Gasteiger partial charge in [-0.05, 0) is 37.2 Å². The number of allylic oxidation sites excluding steroid dienone is 1. The third kappa shape index (κ3) is 2.00. The highest BCUT2D eigenvalue weighted by Crippen LogP contribution is 2.38. The van der Waals surface area contributed by atoms with Crippen LogP contribution < -0.4 is 0 Å². The molecule has 74 valence electrons. The smallest absolute Gasteiger partial charge is 0.128 e. The Balaban J connectivity index is 1.89. The van der Waals surface area contributed by atoms with E-state index in [4.69, 9.17) is 0 Å². The van der Waals surface area contributed by atoms with Crippen LogP contribution in [0.1, 0.15) is 25.1 Å². The summed E-state index contributed by atoms with van der Waals surface area (Å²) < 4.78 is 0. The van der Waals surface area contributed by atoms with Gasteiger partial charge in [-0.1, -0.05) is 6.08 Å². The topological polar surface area (TPSA) is 25.8 Å². The first-order valence-electron chi connectivity index (χ1n) is 5.27. The highest BCUT2D eigenvalue weighted by Gasteiger charge is 2.30. The maximum atomic E-state index is 4.26. The molecule has 1 heterocycles. The Bertz CT molecular complexity index is 294. The summed E-state index contributed by atoms with van der Waals surface area (Å²) in [7, 11) is 0. The quantitative estimate of drug-likeness (QED) is 0.679. The molecule has 0 aliphatic heterocycles. The van der Waals surface area contributed by atoms with Gasteiger partial charge >= 0.3 is 0 Å². The summed E-state index contributed by atoms with van der Waals surface area (Å²) in [6, 6.07) is 1.87. The van der Waals surface area contributed by atoms with Crippen molar-refractivity contribution in [3.63, 3.8) is 0 Å². The number of hydrogen-bond acceptors (Lipinski definition) is 2. The molecule has 14 heavy (non-hydrogen) atoms. The standard InChI is InChI=1S/C12H16N2/c1-2-4-10-5-6-11(10)9-12-13-7-3-8-14-12/h2-3,7-8,10-11H,1,4-6,9H2/t10-,11+/m0/s1. The van der Waals surface area contributed by atoms with E-state index in [2.05, 4.69) is 16.5 Å². The van der Waals surface area contributed by atoms with Crippen molar-refractivity contribution in [2.45, 2.75) is 25.7 Å². The van der Waals surface area contributed by atoms with Crippen LogP contribution in [0.15, 0.2) is 31.1 Å². The van der Waals surface area contributed by atoms with Crippen molar-refractivity contribution in [3.05, 3.63) is 36.9 Å². The van der Waals surface area contributed by atoms with Crippen molar-refractivity contribution in [2.75, 3.05) is 0 Å². The van der Waals surface area contributed by atoms with Crippen molar-refractivity contribution in [3.8, 4) is 0 Å². The average molecular weight is 188 g/mol. The molecule has 0 amide bonds. The summed E-state index contributed by atoms with van der Waals surface area (Å²) in [6.07, 6.45) is 10.5. The highest BCUT2D eigenvalue weighted by atomic mass is 14.8. The molecule has 2 heteroatoms. The van der Waals surface area contributed by atoms with E-state index in [0.717, 1.165) is 30.5 Å². The Morgan fingerprint density at radius 2 is 2.00 bits per heavy atom. The van der Waals surface area contributed by atoms with Gasteiger partial charge < -0.3 is 0 Å². The van der Waals surface area contributed by atoms with Crippen molar-refractivity contribution in [1.82, 2.24) is 9.97 Å². The Morgan fingerprint density at radius 1 is 1.29 bits per heavy atom. The fourth-order valence-corrected chi connectivity index (χ4v) is 2.10. The minimum absolute atomic E-state index is 0.787. The molecule has 0 saturated heterocycles. The van der Waals surface area contributed by atoms with Crippen molar-refractivity contribution < 1.29 is 0 Å². The zero-order valence-electron chi connectivity index (χ0n) is 8.39. The third-order valence-corrected chi connectivity index (χ3v) is 3.11. The molecule has 0 bridgehead atoms. The average Bonchev–Trinajstić information content (AvgIpc) is 2.23. The van der Waals surface area contributed by atoms with Gasteiger partial charge in [0, 0.05) is 18.8 Å². The van der Waals surface area contributed by atoms with Crippen LogP contribution in [0.4, 0.5) is 0 Å². The van der Waals surface area contributed by atoms with E-state index in [0.29, 0.717) is 0 Å². The lowest BCUT2D eigenvalue weighted by Gasteiger charge is -2.35. The Labute approximate surface area is 85.1 Å². The third-order valence-electron chi connectivity index (χ3n) is 3.11. The van der Waals surface area contributed by atoms with Crippen molar-refractivity contribution in [2.24, 2.45) is 11.8 Å². The minimum atomic E-state index is 0.787. The zero-order chi connectivity index (χ0) is 9.80. The van der Waals surface area contributed by atoms with E-state index in [-0.39, 0.29) is 0 Å². The SMILES string of the molecule is C=CC[C@H]1CC[C@@H]1Cc1ncccn1. The van der Waals surface area contributed by atoms with Gasteiger partial charge in [-0.3, -0.25) is 0 Å². The molecule has 2 atom stereocenters. The molecule has 2 nitrogen and oxygen atoms in total. The molecule has 0 N–H and O–H groups in total. The van der Waals surface area contributed by atoms with Crippen LogP contribution in [-0.2, 0) is 6.42 Å². The fraction of sp³-hybridized carbons (Fsp3) is 0.500. The molecule has 1 aromatic heterocycles. The summed E-state index contributed by atoms with van der Waals surface area (Å²) in [5.41, 5.74) is 0.